The first-order valence-corrected chi connectivity index (χ1v) is 2.18. The van der Waals surface area contributed by atoms with Crippen molar-refractivity contribution in [1.82, 2.24) is 5.16 Å². The smallest absolute Gasteiger partial charge is 0.326 e. The Balaban J connectivity index is 3.63. The molecule has 48 valence electrons. The first-order valence-electron chi connectivity index (χ1n) is 2.18. The third-order valence-electron chi connectivity index (χ3n) is 0.806. The molecule has 1 heterocycles. The fraction of sp³-hybridized carbons (Fsp3) is 0. The van der Waals surface area contributed by atoms with Gasteiger partial charge >= 0.3 is 5.56 Å². The summed E-state index contributed by atoms with van der Waals surface area (Å²) in [6.45, 7) is 0. The van der Waals surface area contributed by atoms with E-state index in [0.29, 0.717) is 0 Å². The quantitative estimate of drug-likeness (QED) is 0.434. The first kappa shape index (κ1) is 5.61. The molecule has 9 heavy (non-hydrogen) atoms. The molecule has 0 aromatic carbocycles. The number of hydrogen-bond acceptors (Lipinski definition) is 4. The van der Waals surface area contributed by atoms with Crippen LogP contribution in [0, 0.1) is 0 Å². The molecule has 0 atom stereocenters. The van der Waals surface area contributed by atoms with Crippen LogP contribution in [0.5, 0.6) is 0 Å². The average molecular weight is 128 g/mol. The molecule has 1 aromatic rings. The van der Waals surface area contributed by atoms with E-state index in [0.717, 1.165) is 6.26 Å². The van der Waals surface area contributed by atoms with Gasteiger partial charge in [-0.3, -0.25) is 9.59 Å². The minimum Gasteiger partial charge on any atom is -0.393 e. The van der Waals surface area contributed by atoms with Gasteiger partial charge < -0.3 is 10.3 Å². The molecule has 0 radical (unpaired) electrons. The maximum Gasteiger partial charge on any atom is 0.326 e. The zero-order valence-electron chi connectivity index (χ0n) is 4.38. The number of aromatic amines is 1. The number of H-pyrrole nitrogens is 1. The zero-order valence-corrected chi connectivity index (χ0v) is 4.38. The van der Waals surface area contributed by atoms with Gasteiger partial charge in [-0.1, -0.05) is 0 Å². The Kier molecular flexibility index (Phi) is 1.11. The van der Waals surface area contributed by atoms with E-state index in [2.05, 4.69) is 4.52 Å². The van der Waals surface area contributed by atoms with Crippen molar-refractivity contribution in [3.8, 4) is 0 Å². The Bertz CT molecular complexity index is 310. The summed E-state index contributed by atoms with van der Waals surface area (Å²) in [5.74, 6) is 0. The lowest BCUT2D eigenvalue weighted by Gasteiger charge is -1.83. The second-order valence-corrected chi connectivity index (χ2v) is 1.45. The summed E-state index contributed by atoms with van der Waals surface area (Å²) in [6.07, 6.45) is 0.976. The third-order valence-corrected chi connectivity index (χ3v) is 0.806. The fourth-order valence-corrected chi connectivity index (χ4v) is 0.377. The highest BCUT2D eigenvalue weighted by Gasteiger charge is 1.95. The molecule has 0 bridgehead atoms. The van der Waals surface area contributed by atoms with Crippen LogP contribution in [0.1, 0.15) is 0 Å². The van der Waals surface area contributed by atoms with E-state index in [9.17, 15) is 9.59 Å². The molecule has 1 rings (SSSR count). The Morgan fingerprint density at radius 2 is 2.22 bits per heavy atom. The van der Waals surface area contributed by atoms with E-state index >= 15 is 0 Å². The maximum atomic E-state index is 10.4. The average Bonchev–Trinajstić information content (AvgIpc) is 1.83. The van der Waals surface area contributed by atoms with Crippen molar-refractivity contribution in [2.24, 2.45) is 0 Å². The van der Waals surface area contributed by atoms with Gasteiger partial charge in [0.2, 0.25) is 0 Å². The lowest BCUT2D eigenvalue weighted by molar-refractivity contribution is 0.390. The van der Waals surface area contributed by atoms with E-state index < -0.39 is 11.0 Å². The van der Waals surface area contributed by atoms with Gasteiger partial charge in [0.15, 0.2) is 0 Å². The minimum atomic E-state index is -0.838. The third kappa shape index (κ3) is 0.835. The van der Waals surface area contributed by atoms with Crippen molar-refractivity contribution < 1.29 is 4.52 Å². The fourth-order valence-electron chi connectivity index (χ4n) is 0.377. The van der Waals surface area contributed by atoms with Crippen LogP contribution in [-0.2, 0) is 0 Å². The Hall–Kier alpha value is -1.52. The number of aromatic nitrogens is 1. The van der Waals surface area contributed by atoms with Crippen molar-refractivity contribution >= 4 is 5.69 Å². The second-order valence-electron chi connectivity index (χ2n) is 1.45. The van der Waals surface area contributed by atoms with Crippen LogP contribution < -0.4 is 16.7 Å². The van der Waals surface area contributed by atoms with Crippen molar-refractivity contribution in [2.75, 3.05) is 5.73 Å². The summed E-state index contributed by atoms with van der Waals surface area (Å²) in [6, 6.07) is 0. The SMILES string of the molecule is Nc1co[nH]c(=O)c1=O. The van der Waals surface area contributed by atoms with Crippen molar-refractivity contribution in [3.05, 3.63) is 26.8 Å². The number of rotatable bonds is 0. The van der Waals surface area contributed by atoms with Crippen molar-refractivity contribution in [3.63, 3.8) is 0 Å². The number of nitrogen functional groups attached to an aromatic ring is 1. The Morgan fingerprint density at radius 3 is 2.67 bits per heavy atom. The zero-order chi connectivity index (χ0) is 6.85. The topological polar surface area (TPSA) is 89.1 Å². The van der Waals surface area contributed by atoms with Gasteiger partial charge in [-0.2, -0.15) is 5.16 Å². The predicted molar refractivity (Wildman–Crippen MR) is 30.0 cm³/mol. The van der Waals surface area contributed by atoms with Crippen LogP contribution in [0.25, 0.3) is 0 Å². The number of nitrogens with one attached hydrogen (secondary N) is 1. The summed E-state index contributed by atoms with van der Waals surface area (Å²) >= 11 is 0. The predicted octanol–water partition coefficient (Wildman–Crippen LogP) is -1.09. The van der Waals surface area contributed by atoms with Gasteiger partial charge in [-0.25, -0.2) is 0 Å². The van der Waals surface area contributed by atoms with Gasteiger partial charge in [0.25, 0.3) is 5.43 Å². The Morgan fingerprint density at radius 1 is 1.56 bits per heavy atom. The Labute approximate surface area is 49.1 Å². The monoisotopic (exact) mass is 128 g/mol. The molecule has 0 amide bonds. The van der Waals surface area contributed by atoms with Gasteiger partial charge in [0.05, 0.1) is 0 Å². The molecule has 0 aliphatic rings. The maximum absolute atomic E-state index is 10.4. The minimum absolute atomic E-state index is 0.182. The molecular weight excluding hydrogens is 124 g/mol. The lowest BCUT2D eigenvalue weighted by Crippen LogP contribution is -2.27. The molecule has 5 heteroatoms. The molecule has 0 fully saturated rings. The highest BCUT2D eigenvalue weighted by atomic mass is 16.5. The highest BCUT2D eigenvalue weighted by Crippen LogP contribution is 1.80. The van der Waals surface area contributed by atoms with E-state index in [1.54, 1.807) is 0 Å². The van der Waals surface area contributed by atoms with E-state index in [1.807, 2.05) is 5.16 Å². The molecule has 0 aliphatic heterocycles. The summed E-state index contributed by atoms with van der Waals surface area (Å²) in [5, 5.41) is 1.82. The van der Waals surface area contributed by atoms with Gasteiger partial charge in [0, 0.05) is 0 Å². The van der Waals surface area contributed by atoms with E-state index in [4.69, 9.17) is 5.73 Å². The molecule has 5 nitrogen and oxygen atoms in total. The van der Waals surface area contributed by atoms with Gasteiger partial charge in [0.1, 0.15) is 12.0 Å². The van der Waals surface area contributed by atoms with Crippen LogP contribution in [-0.4, -0.2) is 5.16 Å². The molecular formula is C4H4N2O3. The van der Waals surface area contributed by atoms with Crippen LogP contribution in [0.15, 0.2) is 20.4 Å². The van der Waals surface area contributed by atoms with Crippen LogP contribution >= 0.6 is 0 Å². The first-order chi connectivity index (χ1) is 4.22. The summed E-state index contributed by atoms with van der Waals surface area (Å²) in [7, 11) is 0. The number of anilines is 1. The van der Waals surface area contributed by atoms with Gasteiger partial charge in [-0.05, 0) is 0 Å². The highest BCUT2D eigenvalue weighted by molar-refractivity contribution is 5.30. The molecule has 0 saturated heterocycles. The van der Waals surface area contributed by atoms with Crippen LogP contribution in [0.4, 0.5) is 5.69 Å². The molecule has 3 N–H and O–H groups in total. The molecule has 1 aromatic heterocycles. The lowest BCUT2D eigenvalue weighted by atomic mass is 10.5. The molecule has 0 saturated carbocycles. The van der Waals surface area contributed by atoms with Gasteiger partial charge in [-0.15, -0.1) is 0 Å². The largest absolute Gasteiger partial charge is 0.393 e. The van der Waals surface area contributed by atoms with E-state index in [-0.39, 0.29) is 5.69 Å². The van der Waals surface area contributed by atoms with Crippen molar-refractivity contribution in [1.29, 1.82) is 0 Å². The number of nitrogens with two attached hydrogens (primary N) is 1. The summed E-state index contributed by atoms with van der Waals surface area (Å²) in [5.41, 5.74) is 3.21. The van der Waals surface area contributed by atoms with E-state index in [1.165, 1.54) is 0 Å². The van der Waals surface area contributed by atoms with Crippen LogP contribution in [0.3, 0.4) is 0 Å². The standard InChI is InChI=1S/C4H4N2O3/c5-2-1-9-6-4(8)3(2)7/h1H,5H2,(H,6,8). The molecule has 0 aliphatic carbocycles. The second kappa shape index (κ2) is 1.77. The van der Waals surface area contributed by atoms with Crippen molar-refractivity contribution in [2.45, 2.75) is 0 Å². The normalized spacial score (nSPS) is 9.33. The summed E-state index contributed by atoms with van der Waals surface area (Å²) < 4.78 is 4.26. The van der Waals surface area contributed by atoms with Crippen LogP contribution in [0.2, 0.25) is 0 Å². The molecule has 0 unspecified atom stereocenters. The number of hydrogen-bond donors (Lipinski definition) is 2. The molecule has 0 spiro atoms. The summed E-state index contributed by atoms with van der Waals surface area (Å²) in [4.78, 5) is 20.7.